The SMILES string of the molecule is Cc1c(COC2CNC2)cccc1C(F)(F)F. The van der Waals surface area contributed by atoms with Crippen LogP contribution in [0.5, 0.6) is 0 Å². The molecular formula is C12H14F3NO. The van der Waals surface area contributed by atoms with Crippen LogP contribution < -0.4 is 5.32 Å². The van der Waals surface area contributed by atoms with Crippen LogP contribution in [0.2, 0.25) is 0 Å². The lowest BCUT2D eigenvalue weighted by Gasteiger charge is -2.27. The second kappa shape index (κ2) is 4.66. The number of alkyl halides is 3. The van der Waals surface area contributed by atoms with Crippen molar-refractivity contribution in [2.75, 3.05) is 13.1 Å². The van der Waals surface area contributed by atoms with Gasteiger partial charge in [0.2, 0.25) is 0 Å². The number of rotatable bonds is 3. The molecule has 0 bridgehead atoms. The molecule has 1 aliphatic rings. The van der Waals surface area contributed by atoms with Gasteiger partial charge < -0.3 is 10.1 Å². The molecule has 1 aromatic carbocycles. The first-order valence-corrected chi connectivity index (χ1v) is 5.46. The summed E-state index contributed by atoms with van der Waals surface area (Å²) in [5.41, 5.74) is 0.282. The van der Waals surface area contributed by atoms with Crippen molar-refractivity contribution >= 4 is 0 Å². The maximum Gasteiger partial charge on any atom is 0.416 e. The molecule has 0 atom stereocenters. The summed E-state index contributed by atoms with van der Waals surface area (Å²) in [6, 6.07) is 4.20. The summed E-state index contributed by atoms with van der Waals surface area (Å²) < 4.78 is 43.4. The van der Waals surface area contributed by atoms with E-state index in [1.165, 1.54) is 13.0 Å². The molecule has 94 valence electrons. The smallest absolute Gasteiger partial charge is 0.371 e. The van der Waals surface area contributed by atoms with Crippen LogP contribution in [0.3, 0.4) is 0 Å². The van der Waals surface area contributed by atoms with Gasteiger partial charge in [0, 0.05) is 13.1 Å². The van der Waals surface area contributed by atoms with Crippen molar-refractivity contribution in [2.45, 2.75) is 25.8 Å². The number of hydrogen-bond acceptors (Lipinski definition) is 2. The Balaban J connectivity index is 2.11. The van der Waals surface area contributed by atoms with Crippen LogP contribution in [-0.2, 0) is 17.5 Å². The van der Waals surface area contributed by atoms with Crippen LogP contribution >= 0.6 is 0 Å². The number of benzene rings is 1. The van der Waals surface area contributed by atoms with E-state index in [1.807, 2.05) is 0 Å². The standard InChI is InChI=1S/C12H14F3NO/c1-8-9(7-17-10-5-16-6-10)3-2-4-11(8)12(13,14)15/h2-4,10,16H,5-7H2,1H3. The summed E-state index contributed by atoms with van der Waals surface area (Å²) in [5.74, 6) is 0. The monoisotopic (exact) mass is 245 g/mol. The minimum absolute atomic E-state index is 0.129. The molecule has 2 nitrogen and oxygen atoms in total. The van der Waals surface area contributed by atoms with Gasteiger partial charge in [0.1, 0.15) is 0 Å². The minimum atomic E-state index is -4.29. The third-order valence-electron chi connectivity index (χ3n) is 2.97. The van der Waals surface area contributed by atoms with E-state index in [1.54, 1.807) is 6.07 Å². The average molecular weight is 245 g/mol. The molecule has 1 fully saturated rings. The second-order valence-corrected chi connectivity index (χ2v) is 4.18. The van der Waals surface area contributed by atoms with Gasteiger partial charge in [0.15, 0.2) is 0 Å². The molecule has 17 heavy (non-hydrogen) atoms. The molecule has 1 saturated heterocycles. The summed E-state index contributed by atoms with van der Waals surface area (Å²) >= 11 is 0. The lowest BCUT2D eigenvalue weighted by Crippen LogP contribution is -2.48. The summed E-state index contributed by atoms with van der Waals surface area (Å²) in [6.07, 6.45) is -4.16. The topological polar surface area (TPSA) is 21.3 Å². The van der Waals surface area contributed by atoms with Gasteiger partial charge in [-0.15, -0.1) is 0 Å². The predicted octanol–water partition coefficient (Wildman–Crippen LogP) is 2.50. The molecule has 1 aliphatic heterocycles. The van der Waals surface area contributed by atoms with Crippen LogP contribution in [0.4, 0.5) is 13.2 Å². The third kappa shape index (κ3) is 2.79. The maximum absolute atomic E-state index is 12.7. The highest BCUT2D eigenvalue weighted by molar-refractivity contribution is 5.35. The Morgan fingerprint density at radius 3 is 2.59 bits per heavy atom. The summed E-state index contributed by atoms with van der Waals surface area (Å²) in [7, 11) is 0. The first-order valence-electron chi connectivity index (χ1n) is 5.46. The fraction of sp³-hybridized carbons (Fsp3) is 0.500. The zero-order valence-electron chi connectivity index (χ0n) is 9.47. The van der Waals surface area contributed by atoms with Crippen LogP contribution in [0.1, 0.15) is 16.7 Å². The number of halogens is 3. The Kier molecular flexibility index (Phi) is 3.40. The molecule has 0 aromatic heterocycles. The highest BCUT2D eigenvalue weighted by Crippen LogP contribution is 2.33. The molecule has 0 unspecified atom stereocenters. The van der Waals surface area contributed by atoms with E-state index >= 15 is 0 Å². The largest absolute Gasteiger partial charge is 0.416 e. The summed E-state index contributed by atoms with van der Waals surface area (Å²) in [4.78, 5) is 0. The van der Waals surface area contributed by atoms with E-state index in [-0.39, 0.29) is 18.3 Å². The van der Waals surface area contributed by atoms with Gasteiger partial charge in [-0.25, -0.2) is 0 Å². The van der Waals surface area contributed by atoms with Crippen LogP contribution in [-0.4, -0.2) is 19.2 Å². The van der Waals surface area contributed by atoms with Crippen molar-refractivity contribution in [3.05, 3.63) is 34.9 Å². The van der Waals surface area contributed by atoms with Crippen LogP contribution in [0, 0.1) is 6.92 Å². The Bertz CT molecular complexity index is 399. The number of hydrogen-bond donors (Lipinski definition) is 1. The van der Waals surface area contributed by atoms with E-state index in [2.05, 4.69) is 5.32 Å². The van der Waals surface area contributed by atoms with Gasteiger partial charge >= 0.3 is 6.18 Å². The quantitative estimate of drug-likeness (QED) is 0.883. The van der Waals surface area contributed by atoms with Gasteiger partial charge in [-0.1, -0.05) is 12.1 Å². The third-order valence-corrected chi connectivity index (χ3v) is 2.97. The normalized spacial score (nSPS) is 16.9. The number of ether oxygens (including phenoxy) is 1. The van der Waals surface area contributed by atoms with E-state index in [4.69, 9.17) is 4.74 Å². The second-order valence-electron chi connectivity index (χ2n) is 4.18. The molecule has 0 aliphatic carbocycles. The van der Waals surface area contributed by atoms with Gasteiger partial charge in [-0.05, 0) is 24.1 Å². The van der Waals surface area contributed by atoms with Crippen molar-refractivity contribution in [1.29, 1.82) is 0 Å². The molecule has 0 amide bonds. The van der Waals surface area contributed by atoms with Crippen molar-refractivity contribution in [3.8, 4) is 0 Å². The van der Waals surface area contributed by atoms with Gasteiger partial charge in [-0.3, -0.25) is 0 Å². The molecule has 2 rings (SSSR count). The molecule has 0 spiro atoms. The minimum Gasteiger partial charge on any atom is -0.371 e. The Hall–Kier alpha value is -1.07. The van der Waals surface area contributed by atoms with Gasteiger partial charge in [0.25, 0.3) is 0 Å². The number of nitrogens with one attached hydrogen (secondary N) is 1. The maximum atomic E-state index is 12.7. The molecule has 0 radical (unpaired) electrons. The van der Waals surface area contributed by atoms with Crippen LogP contribution in [0.15, 0.2) is 18.2 Å². The Morgan fingerprint density at radius 1 is 1.35 bits per heavy atom. The lowest BCUT2D eigenvalue weighted by atomic mass is 10.0. The van der Waals surface area contributed by atoms with E-state index < -0.39 is 11.7 Å². The highest BCUT2D eigenvalue weighted by Gasteiger charge is 2.32. The lowest BCUT2D eigenvalue weighted by molar-refractivity contribution is -0.138. The van der Waals surface area contributed by atoms with Crippen LogP contribution in [0.25, 0.3) is 0 Å². The van der Waals surface area contributed by atoms with Gasteiger partial charge in [-0.2, -0.15) is 13.2 Å². The van der Waals surface area contributed by atoms with Crippen molar-refractivity contribution < 1.29 is 17.9 Å². The van der Waals surface area contributed by atoms with E-state index in [0.717, 1.165) is 19.2 Å². The van der Waals surface area contributed by atoms with Crippen molar-refractivity contribution in [2.24, 2.45) is 0 Å². The fourth-order valence-electron chi connectivity index (χ4n) is 1.73. The molecule has 1 heterocycles. The predicted molar refractivity (Wildman–Crippen MR) is 57.6 cm³/mol. The fourth-order valence-corrected chi connectivity index (χ4v) is 1.73. The zero-order chi connectivity index (χ0) is 12.5. The first kappa shape index (κ1) is 12.4. The van der Waals surface area contributed by atoms with E-state index in [0.29, 0.717) is 5.56 Å². The average Bonchev–Trinajstić information content (AvgIpc) is 2.16. The first-order chi connectivity index (χ1) is 7.98. The van der Waals surface area contributed by atoms with Crippen molar-refractivity contribution in [1.82, 2.24) is 5.32 Å². The molecule has 5 heteroatoms. The molecular weight excluding hydrogens is 231 g/mol. The summed E-state index contributed by atoms with van der Waals surface area (Å²) in [5, 5.41) is 3.04. The molecule has 1 N–H and O–H groups in total. The zero-order valence-corrected chi connectivity index (χ0v) is 9.47. The Morgan fingerprint density at radius 2 is 2.06 bits per heavy atom. The summed E-state index contributed by atoms with van der Waals surface area (Å²) in [6.45, 7) is 3.28. The van der Waals surface area contributed by atoms with Crippen molar-refractivity contribution in [3.63, 3.8) is 0 Å². The van der Waals surface area contributed by atoms with Gasteiger partial charge in [0.05, 0.1) is 18.3 Å². The molecule has 0 saturated carbocycles. The van der Waals surface area contributed by atoms with E-state index in [9.17, 15) is 13.2 Å². The molecule has 1 aromatic rings. The Labute approximate surface area is 97.8 Å². The highest BCUT2D eigenvalue weighted by atomic mass is 19.4.